The average Bonchev–Trinajstić information content (AvgIpc) is 2.79. The Morgan fingerprint density at radius 1 is 1.42 bits per heavy atom. The molecule has 0 bridgehead atoms. The largest absolute Gasteiger partial charge is 0.334 e. The summed E-state index contributed by atoms with van der Waals surface area (Å²) < 4.78 is 26.8. The Labute approximate surface area is 111 Å². The number of rotatable bonds is 3. The summed E-state index contributed by atoms with van der Waals surface area (Å²) in [5, 5.41) is 0. The van der Waals surface area contributed by atoms with Crippen LogP contribution in [0.25, 0.3) is 0 Å². The van der Waals surface area contributed by atoms with Crippen LogP contribution >= 0.6 is 0 Å². The zero-order chi connectivity index (χ0) is 14.0. The zero-order valence-electron chi connectivity index (χ0n) is 11.2. The maximum Gasteiger partial charge on any atom is 0.257 e. The highest BCUT2D eigenvalue weighted by Crippen LogP contribution is 2.22. The number of carbonyl (C=O) groups excluding carboxylic acids is 1. The highest BCUT2D eigenvalue weighted by atomic mass is 19.2. The van der Waals surface area contributed by atoms with Crippen molar-refractivity contribution >= 4 is 5.91 Å². The Morgan fingerprint density at radius 2 is 2.16 bits per heavy atom. The van der Waals surface area contributed by atoms with E-state index in [9.17, 15) is 13.6 Å². The van der Waals surface area contributed by atoms with Gasteiger partial charge in [-0.15, -0.1) is 0 Å². The summed E-state index contributed by atoms with van der Waals surface area (Å²) in [5.41, 5.74) is -0.175. The molecule has 0 aromatic heterocycles. The van der Waals surface area contributed by atoms with Gasteiger partial charge in [0, 0.05) is 19.1 Å². The van der Waals surface area contributed by atoms with E-state index in [1.165, 1.54) is 12.1 Å². The van der Waals surface area contributed by atoms with Crippen molar-refractivity contribution in [3.8, 4) is 0 Å². The molecule has 1 saturated heterocycles. The molecule has 1 atom stereocenters. The molecule has 1 aromatic rings. The van der Waals surface area contributed by atoms with E-state index >= 15 is 0 Å². The topological polar surface area (TPSA) is 23.6 Å². The molecule has 1 heterocycles. The van der Waals surface area contributed by atoms with Crippen molar-refractivity contribution in [1.82, 2.24) is 9.80 Å². The van der Waals surface area contributed by atoms with Gasteiger partial charge >= 0.3 is 0 Å². The summed E-state index contributed by atoms with van der Waals surface area (Å²) in [6.45, 7) is 1.34. The second kappa shape index (κ2) is 5.65. The number of hydrogen-bond donors (Lipinski definition) is 0. The molecule has 1 unspecified atom stereocenters. The van der Waals surface area contributed by atoms with Crippen molar-refractivity contribution in [3.63, 3.8) is 0 Å². The Morgan fingerprint density at radius 3 is 2.84 bits per heavy atom. The Balaban J connectivity index is 2.21. The average molecular weight is 268 g/mol. The van der Waals surface area contributed by atoms with Gasteiger partial charge in [0.25, 0.3) is 5.91 Å². The summed E-state index contributed by atoms with van der Waals surface area (Å²) >= 11 is 0. The smallest absolute Gasteiger partial charge is 0.257 e. The number of benzene rings is 1. The van der Waals surface area contributed by atoms with E-state index in [1.54, 1.807) is 4.90 Å². The molecule has 3 nitrogen and oxygen atoms in total. The van der Waals surface area contributed by atoms with Crippen LogP contribution in [-0.2, 0) is 0 Å². The van der Waals surface area contributed by atoms with Crippen LogP contribution in [0.1, 0.15) is 23.2 Å². The summed E-state index contributed by atoms with van der Waals surface area (Å²) in [6.07, 6.45) is 1.81. The van der Waals surface area contributed by atoms with E-state index in [4.69, 9.17) is 0 Å². The molecular formula is C14H18F2N2O. The lowest BCUT2D eigenvalue weighted by atomic mass is 10.1. The number of nitrogens with zero attached hydrogens (tertiary/aromatic N) is 2. The number of hydrogen-bond acceptors (Lipinski definition) is 2. The highest BCUT2D eigenvalue weighted by Gasteiger charge is 2.31. The first-order chi connectivity index (χ1) is 9.00. The van der Waals surface area contributed by atoms with Gasteiger partial charge < -0.3 is 9.80 Å². The molecule has 0 saturated carbocycles. The molecule has 1 aliphatic heterocycles. The molecule has 104 valence electrons. The number of likely N-dealkylation sites (N-methyl/N-ethyl adjacent to an activating group) is 1. The second-order valence-electron chi connectivity index (χ2n) is 5.16. The van der Waals surface area contributed by atoms with E-state index in [0.717, 1.165) is 25.5 Å². The molecular weight excluding hydrogens is 250 g/mol. The molecule has 1 aromatic carbocycles. The van der Waals surface area contributed by atoms with Gasteiger partial charge in [0.2, 0.25) is 0 Å². The summed E-state index contributed by atoms with van der Waals surface area (Å²) in [4.78, 5) is 16.0. The zero-order valence-corrected chi connectivity index (χ0v) is 11.2. The van der Waals surface area contributed by atoms with Crippen LogP contribution in [0.5, 0.6) is 0 Å². The predicted molar refractivity (Wildman–Crippen MR) is 69.0 cm³/mol. The Hall–Kier alpha value is -1.49. The first kappa shape index (κ1) is 13.9. The van der Waals surface area contributed by atoms with E-state index < -0.39 is 17.5 Å². The van der Waals surface area contributed by atoms with Crippen molar-refractivity contribution < 1.29 is 13.6 Å². The maximum atomic E-state index is 13.7. The van der Waals surface area contributed by atoms with Crippen molar-refractivity contribution in [1.29, 1.82) is 0 Å². The van der Waals surface area contributed by atoms with E-state index in [2.05, 4.69) is 0 Å². The lowest BCUT2D eigenvalue weighted by Gasteiger charge is -2.27. The minimum absolute atomic E-state index is 0.0742. The summed E-state index contributed by atoms with van der Waals surface area (Å²) in [7, 11) is 3.87. The lowest BCUT2D eigenvalue weighted by Crippen LogP contribution is -2.41. The molecule has 0 spiro atoms. The van der Waals surface area contributed by atoms with Gasteiger partial charge in [0.05, 0.1) is 5.56 Å². The molecule has 0 radical (unpaired) electrons. The van der Waals surface area contributed by atoms with E-state index in [0.29, 0.717) is 6.54 Å². The van der Waals surface area contributed by atoms with Gasteiger partial charge in [-0.2, -0.15) is 0 Å². The monoisotopic (exact) mass is 268 g/mol. The molecule has 1 fully saturated rings. The van der Waals surface area contributed by atoms with Crippen LogP contribution in [0, 0.1) is 11.6 Å². The van der Waals surface area contributed by atoms with Gasteiger partial charge in [-0.1, -0.05) is 6.07 Å². The third-order valence-corrected chi connectivity index (χ3v) is 3.40. The second-order valence-corrected chi connectivity index (χ2v) is 5.16. The van der Waals surface area contributed by atoms with Crippen molar-refractivity contribution in [3.05, 3.63) is 35.4 Å². The molecule has 19 heavy (non-hydrogen) atoms. The molecule has 0 N–H and O–H groups in total. The minimum atomic E-state index is -1.05. The van der Waals surface area contributed by atoms with Crippen molar-refractivity contribution in [2.45, 2.75) is 18.9 Å². The Bertz CT molecular complexity index is 477. The SMILES string of the molecule is CN(C)CC1CCCN1C(=O)c1cccc(F)c1F. The van der Waals surface area contributed by atoms with Gasteiger partial charge in [-0.25, -0.2) is 8.78 Å². The van der Waals surface area contributed by atoms with Crippen LogP contribution in [-0.4, -0.2) is 48.9 Å². The minimum Gasteiger partial charge on any atom is -0.334 e. The van der Waals surface area contributed by atoms with Crippen molar-refractivity contribution in [2.75, 3.05) is 27.2 Å². The fraction of sp³-hybridized carbons (Fsp3) is 0.500. The lowest BCUT2D eigenvalue weighted by molar-refractivity contribution is 0.0710. The first-order valence-electron chi connectivity index (χ1n) is 6.40. The van der Waals surface area contributed by atoms with Crippen LogP contribution in [0.4, 0.5) is 8.78 Å². The molecule has 1 amide bonds. The normalized spacial score (nSPS) is 19.2. The number of carbonyl (C=O) groups is 1. The standard InChI is InChI=1S/C14H18F2N2O/c1-17(2)9-10-5-4-8-18(10)14(19)11-6-3-7-12(15)13(11)16/h3,6-7,10H,4-5,8-9H2,1-2H3. The van der Waals surface area contributed by atoms with Crippen LogP contribution in [0.3, 0.4) is 0 Å². The first-order valence-corrected chi connectivity index (χ1v) is 6.40. The Kier molecular flexibility index (Phi) is 4.14. The highest BCUT2D eigenvalue weighted by molar-refractivity contribution is 5.94. The number of halogens is 2. The van der Waals surface area contributed by atoms with E-state index in [-0.39, 0.29) is 11.6 Å². The number of likely N-dealkylation sites (tertiary alicyclic amines) is 1. The molecule has 1 aliphatic rings. The number of amides is 1. The molecule has 2 rings (SSSR count). The summed E-state index contributed by atoms with van der Waals surface area (Å²) in [5.74, 6) is -2.45. The van der Waals surface area contributed by atoms with Crippen LogP contribution in [0.15, 0.2) is 18.2 Å². The quantitative estimate of drug-likeness (QED) is 0.838. The van der Waals surface area contributed by atoms with Crippen LogP contribution in [0.2, 0.25) is 0 Å². The van der Waals surface area contributed by atoms with Gasteiger partial charge in [-0.3, -0.25) is 4.79 Å². The molecule has 0 aliphatic carbocycles. The maximum absolute atomic E-state index is 13.7. The molecule has 5 heteroatoms. The van der Waals surface area contributed by atoms with Gasteiger partial charge in [0.15, 0.2) is 11.6 Å². The van der Waals surface area contributed by atoms with Gasteiger partial charge in [-0.05, 0) is 39.1 Å². The van der Waals surface area contributed by atoms with Crippen molar-refractivity contribution in [2.24, 2.45) is 0 Å². The fourth-order valence-corrected chi connectivity index (χ4v) is 2.54. The van der Waals surface area contributed by atoms with Crippen LogP contribution < -0.4 is 0 Å². The third kappa shape index (κ3) is 2.92. The third-order valence-electron chi connectivity index (χ3n) is 3.40. The van der Waals surface area contributed by atoms with Gasteiger partial charge in [0.1, 0.15) is 0 Å². The summed E-state index contributed by atoms with van der Waals surface area (Å²) in [6, 6.07) is 3.80. The fourth-order valence-electron chi connectivity index (χ4n) is 2.54. The predicted octanol–water partition coefficient (Wildman–Crippen LogP) is 2.13. The van der Waals surface area contributed by atoms with E-state index in [1.807, 2.05) is 19.0 Å².